The number of alkyl halides is 1. The van der Waals surface area contributed by atoms with Crippen LogP contribution >= 0.6 is 15.9 Å². The Morgan fingerprint density at radius 1 is 1.17 bits per heavy atom. The Bertz CT molecular complexity index is 734. The molecule has 1 aromatic carbocycles. The van der Waals surface area contributed by atoms with Crippen molar-refractivity contribution >= 4 is 27.6 Å². The fourth-order valence-corrected chi connectivity index (χ4v) is 5.65. The number of ether oxygens (including phenoxy) is 2. The third-order valence-corrected chi connectivity index (χ3v) is 7.03. The molecule has 0 unspecified atom stereocenters. The molecule has 4 rings (SSSR count). The smallest absolute Gasteiger partial charge is 0.223 e. The van der Waals surface area contributed by atoms with E-state index in [4.69, 9.17) is 9.47 Å². The summed E-state index contributed by atoms with van der Waals surface area (Å²) in [4.78, 5) is 26.6. The number of Topliss-reactive ketones (excluding diaryl/α,β-unsaturated/α-hetero) is 1. The van der Waals surface area contributed by atoms with Gasteiger partial charge in [0.15, 0.2) is 11.5 Å². The van der Waals surface area contributed by atoms with Gasteiger partial charge in [-0.2, -0.15) is 0 Å². The second-order valence-electron chi connectivity index (χ2n) is 6.76. The van der Waals surface area contributed by atoms with Crippen LogP contribution in [0.5, 0.6) is 11.5 Å². The summed E-state index contributed by atoms with van der Waals surface area (Å²) < 4.78 is 10.9. The van der Waals surface area contributed by atoms with Crippen LogP contribution in [0.25, 0.3) is 0 Å². The van der Waals surface area contributed by atoms with E-state index in [0.717, 1.165) is 12.0 Å². The van der Waals surface area contributed by atoms with Crippen LogP contribution in [-0.2, 0) is 21.5 Å². The standard InChI is InChI=1S/C18H20BrNO4/c1-23-14-7-10-4-6-20-16(22)9-12-17(19)13(21)3-5-18(12,20)11(10)8-15(14)24-2/h7-8,12,17H,3-6,9H2,1-2H3/t12-,17+,18-/m1/s1. The van der Waals surface area contributed by atoms with Gasteiger partial charge in [-0.1, -0.05) is 15.9 Å². The molecule has 3 atom stereocenters. The molecule has 2 heterocycles. The molecular weight excluding hydrogens is 374 g/mol. The summed E-state index contributed by atoms with van der Waals surface area (Å²) in [5, 5.41) is 0. The molecule has 24 heavy (non-hydrogen) atoms. The van der Waals surface area contributed by atoms with Crippen LogP contribution in [0, 0.1) is 5.92 Å². The summed E-state index contributed by atoms with van der Waals surface area (Å²) in [5.74, 6) is 1.72. The number of carbonyl (C=O) groups is 2. The third-order valence-electron chi connectivity index (χ3n) is 5.88. The molecule has 0 bridgehead atoms. The molecule has 2 aliphatic heterocycles. The van der Waals surface area contributed by atoms with Gasteiger partial charge in [0, 0.05) is 25.3 Å². The van der Waals surface area contributed by atoms with E-state index in [9.17, 15) is 9.59 Å². The van der Waals surface area contributed by atoms with Gasteiger partial charge in [-0.15, -0.1) is 0 Å². The van der Waals surface area contributed by atoms with Gasteiger partial charge in [-0.25, -0.2) is 0 Å². The first kappa shape index (κ1) is 15.9. The molecule has 0 N–H and O–H groups in total. The average Bonchev–Trinajstić information content (AvgIpc) is 2.90. The zero-order chi connectivity index (χ0) is 17.1. The van der Waals surface area contributed by atoms with Crippen LogP contribution in [-0.4, -0.2) is 42.2 Å². The highest BCUT2D eigenvalue weighted by molar-refractivity contribution is 9.10. The molecule has 0 radical (unpaired) electrons. The van der Waals surface area contributed by atoms with Gasteiger partial charge in [0.05, 0.1) is 24.6 Å². The number of ketones is 1. The molecule has 2 fully saturated rings. The van der Waals surface area contributed by atoms with Crippen molar-refractivity contribution in [1.82, 2.24) is 4.90 Å². The lowest BCUT2D eigenvalue weighted by atomic mass is 9.66. The minimum absolute atomic E-state index is 0.0246. The Balaban J connectivity index is 1.93. The van der Waals surface area contributed by atoms with Crippen molar-refractivity contribution in [1.29, 1.82) is 0 Å². The molecule has 1 spiro atoms. The average molecular weight is 394 g/mol. The van der Waals surface area contributed by atoms with Gasteiger partial charge in [-0.3, -0.25) is 9.59 Å². The normalized spacial score (nSPS) is 31.4. The van der Waals surface area contributed by atoms with Crippen LogP contribution in [0.15, 0.2) is 12.1 Å². The van der Waals surface area contributed by atoms with Crippen molar-refractivity contribution in [2.75, 3.05) is 20.8 Å². The zero-order valence-electron chi connectivity index (χ0n) is 13.8. The summed E-state index contributed by atoms with van der Waals surface area (Å²) in [7, 11) is 3.25. The third kappa shape index (κ3) is 1.92. The van der Waals surface area contributed by atoms with Gasteiger partial charge >= 0.3 is 0 Å². The largest absolute Gasteiger partial charge is 0.493 e. The number of nitrogens with zero attached hydrogens (tertiary/aromatic N) is 1. The molecule has 1 aliphatic carbocycles. The minimum atomic E-state index is -0.397. The highest BCUT2D eigenvalue weighted by atomic mass is 79.9. The van der Waals surface area contributed by atoms with E-state index in [1.54, 1.807) is 14.2 Å². The highest BCUT2D eigenvalue weighted by Gasteiger charge is 2.60. The fraction of sp³-hybridized carbons (Fsp3) is 0.556. The minimum Gasteiger partial charge on any atom is -0.493 e. The number of rotatable bonds is 2. The van der Waals surface area contributed by atoms with Crippen LogP contribution in [0.2, 0.25) is 0 Å². The maximum Gasteiger partial charge on any atom is 0.223 e. The molecule has 1 amide bonds. The number of carbonyl (C=O) groups excluding carboxylic acids is 2. The second kappa shape index (κ2) is 5.48. The monoisotopic (exact) mass is 393 g/mol. The van der Waals surface area contributed by atoms with Gasteiger partial charge in [0.25, 0.3) is 0 Å². The summed E-state index contributed by atoms with van der Waals surface area (Å²) in [6, 6.07) is 4.04. The molecule has 6 heteroatoms. The van der Waals surface area contributed by atoms with Crippen molar-refractivity contribution in [3.63, 3.8) is 0 Å². The first-order chi connectivity index (χ1) is 11.5. The number of benzene rings is 1. The molecular formula is C18H20BrNO4. The molecule has 1 saturated heterocycles. The molecule has 1 saturated carbocycles. The molecule has 1 aromatic rings. The van der Waals surface area contributed by atoms with Gasteiger partial charge in [-0.05, 0) is 36.1 Å². The number of amides is 1. The molecule has 5 nitrogen and oxygen atoms in total. The van der Waals surface area contributed by atoms with E-state index in [2.05, 4.69) is 15.9 Å². The predicted octanol–water partition coefficient (Wildman–Crippen LogP) is 2.43. The summed E-state index contributed by atoms with van der Waals surface area (Å²) in [6.45, 7) is 0.700. The van der Waals surface area contributed by atoms with Gasteiger partial charge in [0.2, 0.25) is 5.91 Å². The number of halogens is 1. The lowest BCUT2D eigenvalue weighted by molar-refractivity contribution is -0.134. The molecule has 128 valence electrons. The van der Waals surface area contributed by atoms with E-state index in [1.165, 1.54) is 5.56 Å². The predicted molar refractivity (Wildman–Crippen MR) is 91.7 cm³/mol. The van der Waals surface area contributed by atoms with Crippen LogP contribution in [0.4, 0.5) is 0 Å². The Morgan fingerprint density at radius 2 is 1.88 bits per heavy atom. The quantitative estimate of drug-likeness (QED) is 0.724. The highest BCUT2D eigenvalue weighted by Crippen LogP contribution is 2.56. The first-order valence-electron chi connectivity index (χ1n) is 8.25. The van der Waals surface area contributed by atoms with E-state index in [-0.39, 0.29) is 22.4 Å². The van der Waals surface area contributed by atoms with Crippen LogP contribution in [0.3, 0.4) is 0 Å². The van der Waals surface area contributed by atoms with Gasteiger partial charge < -0.3 is 14.4 Å². The SMILES string of the molecule is COc1cc2c(cc1OC)[C@]13CCC(=O)[C@@H](Br)[C@H]1CC(=O)N3CC2. The maximum absolute atomic E-state index is 12.6. The first-order valence-corrected chi connectivity index (χ1v) is 9.17. The van der Waals surface area contributed by atoms with Crippen molar-refractivity contribution in [2.24, 2.45) is 5.92 Å². The maximum atomic E-state index is 12.6. The fourth-order valence-electron chi connectivity index (χ4n) is 4.80. The number of methoxy groups -OCH3 is 2. The Kier molecular flexibility index (Phi) is 3.64. The lowest BCUT2D eigenvalue weighted by Gasteiger charge is -2.50. The van der Waals surface area contributed by atoms with E-state index in [0.29, 0.717) is 37.3 Å². The van der Waals surface area contributed by atoms with Crippen molar-refractivity contribution < 1.29 is 19.1 Å². The van der Waals surface area contributed by atoms with Crippen LogP contribution in [0.1, 0.15) is 30.4 Å². The van der Waals surface area contributed by atoms with E-state index < -0.39 is 5.54 Å². The van der Waals surface area contributed by atoms with Crippen molar-refractivity contribution in [3.05, 3.63) is 23.3 Å². The molecule has 3 aliphatic rings. The van der Waals surface area contributed by atoms with Gasteiger partial charge in [0.1, 0.15) is 5.78 Å². The summed E-state index contributed by atoms with van der Waals surface area (Å²) in [6.07, 6.45) is 2.41. The number of hydrogen-bond donors (Lipinski definition) is 0. The Hall–Kier alpha value is -1.56. The number of fused-ring (bicyclic) bond motifs is 1. The summed E-state index contributed by atoms with van der Waals surface area (Å²) >= 11 is 3.58. The van der Waals surface area contributed by atoms with E-state index in [1.807, 2.05) is 17.0 Å². The zero-order valence-corrected chi connectivity index (χ0v) is 15.4. The van der Waals surface area contributed by atoms with Crippen LogP contribution < -0.4 is 9.47 Å². The number of hydrogen-bond acceptors (Lipinski definition) is 4. The Labute approximate surface area is 149 Å². The lowest BCUT2D eigenvalue weighted by Crippen LogP contribution is -2.55. The Morgan fingerprint density at radius 3 is 2.58 bits per heavy atom. The summed E-state index contributed by atoms with van der Waals surface area (Å²) in [5.41, 5.74) is 1.92. The van der Waals surface area contributed by atoms with Crippen molar-refractivity contribution in [2.45, 2.75) is 36.0 Å². The molecule has 0 aromatic heterocycles. The topological polar surface area (TPSA) is 55.8 Å². The van der Waals surface area contributed by atoms with Crippen molar-refractivity contribution in [3.8, 4) is 11.5 Å². The second-order valence-corrected chi connectivity index (χ2v) is 7.75. The van der Waals surface area contributed by atoms with E-state index >= 15 is 0 Å².